The highest BCUT2D eigenvalue weighted by molar-refractivity contribution is 6.20. The van der Waals surface area contributed by atoms with E-state index in [-0.39, 0.29) is 17.7 Å². The summed E-state index contributed by atoms with van der Waals surface area (Å²) in [7, 11) is 0. The van der Waals surface area contributed by atoms with Gasteiger partial charge in [0.2, 0.25) is 0 Å². The molecule has 0 bridgehead atoms. The molecule has 2 rings (SSSR count). The van der Waals surface area contributed by atoms with E-state index in [4.69, 9.17) is 5.11 Å². The number of hydrogen-bond donors (Lipinski definition) is 1. The number of nitrogens with zero attached hydrogens (tertiary/aromatic N) is 2. The van der Waals surface area contributed by atoms with Gasteiger partial charge in [-0.15, -0.1) is 0 Å². The number of pyridine rings is 1. The van der Waals surface area contributed by atoms with E-state index < -0.39 is 23.8 Å². The molecule has 2 heterocycles. The third kappa shape index (κ3) is 1.85. The minimum atomic E-state index is -1.04. The highest BCUT2D eigenvalue weighted by atomic mass is 16.4. The van der Waals surface area contributed by atoms with Crippen LogP contribution >= 0.6 is 0 Å². The van der Waals surface area contributed by atoms with Crippen LogP contribution < -0.4 is 0 Å². The van der Waals surface area contributed by atoms with Gasteiger partial charge in [-0.05, 0) is 18.6 Å². The Morgan fingerprint density at radius 2 is 2.17 bits per heavy atom. The molecule has 1 aromatic heterocycles. The van der Waals surface area contributed by atoms with E-state index in [9.17, 15) is 14.4 Å². The number of fused-ring (bicyclic) bond motifs is 1. The van der Waals surface area contributed by atoms with Crippen LogP contribution in [0.25, 0.3) is 0 Å². The molecule has 6 heteroatoms. The van der Waals surface area contributed by atoms with Crippen LogP contribution in [0.2, 0.25) is 0 Å². The largest absolute Gasteiger partial charge is 0.481 e. The van der Waals surface area contributed by atoms with Crippen molar-refractivity contribution in [3.8, 4) is 0 Å². The average Bonchev–Trinajstić information content (AvgIpc) is 2.60. The molecule has 1 atom stereocenters. The van der Waals surface area contributed by atoms with Crippen molar-refractivity contribution >= 4 is 17.8 Å². The predicted molar refractivity (Wildman–Crippen MR) is 61.1 cm³/mol. The van der Waals surface area contributed by atoms with Crippen LogP contribution in [0.4, 0.5) is 0 Å². The van der Waals surface area contributed by atoms with Crippen LogP contribution in [0.1, 0.15) is 40.6 Å². The van der Waals surface area contributed by atoms with Gasteiger partial charge in [-0.1, -0.05) is 6.92 Å². The lowest BCUT2D eigenvalue weighted by Gasteiger charge is -2.23. The molecule has 0 spiro atoms. The van der Waals surface area contributed by atoms with Crippen LogP contribution in [-0.2, 0) is 4.79 Å². The summed E-state index contributed by atoms with van der Waals surface area (Å²) in [6.07, 6.45) is 1.59. The summed E-state index contributed by atoms with van der Waals surface area (Å²) in [6, 6.07) is 2.47. The van der Waals surface area contributed by atoms with Crippen LogP contribution in [0.3, 0.4) is 0 Å². The number of carbonyl (C=O) groups excluding carboxylic acids is 2. The van der Waals surface area contributed by atoms with Gasteiger partial charge in [0, 0.05) is 6.20 Å². The van der Waals surface area contributed by atoms with Gasteiger partial charge in [0.15, 0.2) is 0 Å². The van der Waals surface area contributed by atoms with Crippen molar-refractivity contribution in [1.82, 2.24) is 9.88 Å². The molecule has 0 fully saturated rings. The number of hydrogen-bond acceptors (Lipinski definition) is 4. The molecular formula is C12H12N2O4. The Kier molecular flexibility index (Phi) is 3.10. The maximum atomic E-state index is 12.1. The van der Waals surface area contributed by atoms with Crippen molar-refractivity contribution in [2.24, 2.45) is 0 Å². The number of carboxylic acid groups (broad SMARTS) is 1. The summed E-state index contributed by atoms with van der Waals surface area (Å²) in [4.78, 5) is 39.7. The molecule has 1 unspecified atom stereocenters. The van der Waals surface area contributed by atoms with Gasteiger partial charge >= 0.3 is 5.97 Å². The van der Waals surface area contributed by atoms with Gasteiger partial charge in [0.05, 0.1) is 18.0 Å². The second-order valence-electron chi connectivity index (χ2n) is 4.04. The Bertz CT molecular complexity index is 492. The minimum absolute atomic E-state index is 0.103. The summed E-state index contributed by atoms with van der Waals surface area (Å²) in [5.74, 6) is -2.01. The van der Waals surface area contributed by atoms with Crippen molar-refractivity contribution < 1.29 is 19.5 Å². The fourth-order valence-electron chi connectivity index (χ4n) is 2.04. The second kappa shape index (κ2) is 4.56. The zero-order valence-corrected chi connectivity index (χ0v) is 9.79. The van der Waals surface area contributed by atoms with E-state index in [1.165, 1.54) is 12.3 Å². The first kappa shape index (κ1) is 12.2. The number of carbonyl (C=O) groups is 3. The monoisotopic (exact) mass is 248 g/mol. The molecule has 0 saturated heterocycles. The molecule has 1 aliphatic heterocycles. The van der Waals surface area contributed by atoms with Crippen LogP contribution in [-0.4, -0.2) is 38.8 Å². The maximum Gasteiger partial charge on any atom is 0.305 e. The van der Waals surface area contributed by atoms with Crippen LogP contribution in [0, 0.1) is 0 Å². The van der Waals surface area contributed by atoms with E-state index in [2.05, 4.69) is 4.98 Å². The molecule has 1 aromatic rings. The third-order valence-electron chi connectivity index (χ3n) is 2.92. The number of rotatable bonds is 4. The van der Waals surface area contributed by atoms with Gasteiger partial charge < -0.3 is 5.11 Å². The van der Waals surface area contributed by atoms with E-state index in [0.717, 1.165) is 4.90 Å². The molecule has 94 valence electrons. The Hall–Kier alpha value is -2.24. The lowest BCUT2D eigenvalue weighted by Crippen LogP contribution is -2.40. The highest BCUT2D eigenvalue weighted by Gasteiger charge is 2.40. The zero-order valence-electron chi connectivity index (χ0n) is 9.79. The van der Waals surface area contributed by atoms with Crippen molar-refractivity contribution in [2.75, 3.05) is 0 Å². The molecule has 0 saturated carbocycles. The van der Waals surface area contributed by atoms with Gasteiger partial charge in [-0.2, -0.15) is 0 Å². The molecule has 1 aliphatic rings. The molecule has 2 amide bonds. The predicted octanol–water partition coefficient (Wildman–Crippen LogP) is 0.931. The number of amides is 2. The first-order valence-corrected chi connectivity index (χ1v) is 5.61. The van der Waals surface area contributed by atoms with E-state index in [1.807, 2.05) is 0 Å². The Labute approximate surface area is 103 Å². The number of carboxylic acids is 1. The normalized spacial score (nSPS) is 15.7. The maximum absolute atomic E-state index is 12.1. The Morgan fingerprint density at radius 1 is 1.44 bits per heavy atom. The first-order valence-electron chi connectivity index (χ1n) is 5.61. The van der Waals surface area contributed by atoms with Crippen molar-refractivity contribution in [3.05, 3.63) is 29.6 Å². The zero-order chi connectivity index (χ0) is 13.3. The van der Waals surface area contributed by atoms with Crippen molar-refractivity contribution in [1.29, 1.82) is 0 Å². The van der Waals surface area contributed by atoms with Gasteiger partial charge in [0.25, 0.3) is 11.8 Å². The smallest absolute Gasteiger partial charge is 0.305 e. The number of aromatic nitrogens is 1. The fraction of sp³-hybridized carbons (Fsp3) is 0.333. The van der Waals surface area contributed by atoms with Crippen molar-refractivity contribution in [2.45, 2.75) is 25.8 Å². The second-order valence-corrected chi connectivity index (χ2v) is 4.04. The summed E-state index contributed by atoms with van der Waals surface area (Å²) in [5.41, 5.74) is 0.345. The van der Waals surface area contributed by atoms with E-state index in [0.29, 0.717) is 6.42 Å². The Morgan fingerprint density at radius 3 is 2.72 bits per heavy atom. The summed E-state index contributed by atoms with van der Waals surface area (Å²) in [5, 5.41) is 8.80. The molecule has 6 nitrogen and oxygen atoms in total. The first-order chi connectivity index (χ1) is 8.56. The molecular weight excluding hydrogens is 236 g/mol. The molecule has 0 aliphatic carbocycles. The van der Waals surface area contributed by atoms with E-state index in [1.54, 1.807) is 13.0 Å². The average molecular weight is 248 g/mol. The quantitative estimate of drug-likeness (QED) is 0.801. The Balaban J connectivity index is 2.35. The van der Waals surface area contributed by atoms with Crippen LogP contribution in [0.5, 0.6) is 0 Å². The lowest BCUT2D eigenvalue weighted by atomic mass is 10.1. The third-order valence-corrected chi connectivity index (χ3v) is 2.92. The molecule has 1 N–H and O–H groups in total. The molecule has 0 radical (unpaired) electrons. The van der Waals surface area contributed by atoms with Gasteiger partial charge in [-0.25, -0.2) is 0 Å². The number of imide groups is 1. The fourth-order valence-corrected chi connectivity index (χ4v) is 2.04. The van der Waals surface area contributed by atoms with Crippen LogP contribution in [0.15, 0.2) is 18.3 Å². The highest BCUT2D eigenvalue weighted by Crippen LogP contribution is 2.25. The topological polar surface area (TPSA) is 87.6 Å². The SMILES string of the molecule is CCC(CC(=O)O)N1C(=O)c2cccnc2C1=O. The van der Waals surface area contributed by atoms with Gasteiger partial charge in [0.1, 0.15) is 5.69 Å². The molecule has 18 heavy (non-hydrogen) atoms. The number of aliphatic carboxylic acids is 1. The summed E-state index contributed by atoms with van der Waals surface area (Å²) in [6.45, 7) is 1.74. The van der Waals surface area contributed by atoms with Gasteiger partial charge in [-0.3, -0.25) is 24.3 Å². The summed E-state index contributed by atoms with van der Waals surface area (Å²) >= 11 is 0. The minimum Gasteiger partial charge on any atom is -0.481 e. The standard InChI is InChI=1S/C12H12N2O4/c1-2-7(6-9(15)16)14-11(17)8-4-3-5-13-10(8)12(14)18/h3-5,7H,2,6H2,1H3,(H,15,16). The lowest BCUT2D eigenvalue weighted by molar-refractivity contribution is -0.137. The van der Waals surface area contributed by atoms with E-state index >= 15 is 0 Å². The molecule has 0 aromatic carbocycles. The van der Waals surface area contributed by atoms with Crippen molar-refractivity contribution in [3.63, 3.8) is 0 Å². The summed E-state index contributed by atoms with van der Waals surface area (Å²) < 4.78 is 0.